The fourth-order valence-corrected chi connectivity index (χ4v) is 7.62. The van der Waals surface area contributed by atoms with Crippen LogP contribution in [0.15, 0.2) is 69.6 Å². The highest BCUT2D eigenvalue weighted by Gasteiger charge is 2.34. The van der Waals surface area contributed by atoms with Gasteiger partial charge in [-0.3, -0.25) is 0 Å². The van der Waals surface area contributed by atoms with Gasteiger partial charge in [-0.1, -0.05) is 86.0 Å². The van der Waals surface area contributed by atoms with Crippen LogP contribution in [-0.4, -0.2) is 0 Å². The maximum atomic E-state index is 3.94. The lowest BCUT2D eigenvalue weighted by Crippen LogP contribution is -2.05. The topological polar surface area (TPSA) is 0 Å². The Labute approximate surface area is 203 Å². The van der Waals surface area contributed by atoms with Gasteiger partial charge in [0, 0.05) is 14.9 Å². The molecule has 32 heavy (non-hydrogen) atoms. The molecule has 0 nitrogen and oxygen atoms in total. The summed E-state index contributed by atoms with van der Waals surface area (Å²) in [6, 6.07) is 22.9. The van der Waals surface area contributed by atoms with Crippen LogP contribution in [0.2, 0.25) is 0 Å². The van der Waals surface area contributed by atoms with Crippen LogP contribution in [-0.2, 0) is 0 Å². The minimum absolute atomic E-state index is 0.237. The van der Waals surface area contributed by atoms with E-state index < -0.39 is 0 Å². The Kier molecular flexibility index (Phi) is 3.78. The smallest absolute Gasteiger partial charge is 0.0358 e. The summed E-state index contributed by atoms with van der Waals surface area (Å²) in [5.41, 5.74) is 8.38. The Morgan fingerprint density at radius 2 is 1.00 bits per heavy atom. The summed E-state index contributed by atoms with van der Waals surface area (Å²) < 4.78 is 2.37. The van der Waals surface area contributed by atoms with Crippen LogP contribution in [0.3, 0.4) is 0 Å². The fraction of sp³-hybridized carbons (Fsp3) is 0.133. The first-order valence-electron chi connectivity index (χ1n) is 11.0. The molecule has 0 saturated carbocycles. The van der Waals surface area contributed by atoms with Crippen molar-refractivity contribution < 1.29 is 0 Å². The van der Waals surface area contributed by atoms with Gasteiger partial charge in [0.2, 0.25) is 0 Å². The number of aryl methyl sites for hydroxylation is 3. The Hall–Kier alpha value is -2.42. The van der Waals surface area contributed by atoms with Crippen molar-refractivity contribution in [3.8, 4) is 0 Å². The molecule has 2 heteroatoms. The van der Waals surface area contributed by atoms with Gasteiger partial charge in [0.15, 0.2) is 0 Å². The van der Waals surface area contributed by atoms with Gasteiger partial charge in [-0.15, -0.1) is 0 Å². The molecule has 0 fully saturated rings. The molecule has 6 aromatic rings. The zero-order valence-corrected chi connectivity index (χ0v) is 21.3. The zero-order chi connectivity index (χ0) is 21.9. The molecule has 0 N–H and O–H groups in total. The van der Waals surface area contributed by atoms with E-state index in [1.54, 1.807) is 0 Å². The Morgan fingerprint density at radius 1 is 0.562 bits per heavy atom. The molecule has 1 aliphatic rings. The second kappa shape index (κ2) is 6.34. The van der Waals surface area contributed by atoms with Gasteiger partial charge in [0.1, 0.15) is 0 Å². The maximum Gasteiger partial charge on any atom is 0.0358 e. The van der Waals surface area contributed by atoms with Gasteiger partial charge in [-0.25, -0.2) is 0 Å². The predicted octanol–water partition coefficient (Wildman–Crippen LogP) is 9.68. The minimum atomic E-state index is 0.237. The van der Waals surface area contributed by atoms with Crippen molar-refractivity contribution in [1.82, 2.24) is 0 Å². The number of hydrogen-bond donors (Lipinski definition) is 0. The van der Waals surface area contributed by atoms with Crippen molar-refractivity contribution in [2.75, 3.05) is 0 Å². The molecule has 154 valence electrons. The second-order valence-electron chi connectivity index (χ2n) is 9.35. The van der Waals surface area contributed by atoms with Crippen molar-refractivity contribution in [3.63, 3.8) is 0 Å². The third-order valence-electron chi connectivity index (χ3n) is 7.47. The van der Waals surface area contributed by atoms with E-state index >= 15 is 0 Å². The summed E-state index contributed by atoms with van der Waals surface area (Å²) in [6.07, 6.45) is 0. The van der Waals surface area contributed by atoms with Crippen LogP contribution in [0.4, 0.5) is 0 Å². The Bertz CT molecular complexity index is 1650. The van der Waals surface area contributed by atoms with Crippen LogP contribution >= 0.6 is 31.9 Å². The first kappa shape index (κ1) is 19.1. The third kappa shape index (κ3) is 2.23. The highest BCUT2D eigenvalue weighted by molar-refractivity contribution is 9.11. The molecule has 0 saturated heterocycles. The molecule has 0 radical (unpaired) electrons. The van der Waals surface area contributed by atoms with E-state index in [4.69, 9.17) is 0 Å². The van der Waals surface area contributed by atoms with Gasteiger partial charge in [0.25, 0.3) is 0 Å². The van der Waals surface area contributed by atoms with E-state index in [0.717, 1.165) is 0 Å². The van der Waals surface area contributed by atoms with E-state index in [-0.39, 0.29) is 5.92 Å². The largest absolute Gasteiger partial charge is 0.0610 e. The average molecular weight is 540 g/mol. The van der Waals surface area contributed by atoms with Gasteiger partial charge in [0.05, 0.1) is 0 Å². The number of benzene rings is 6. The molecular weight excluding hydrogens is 520 g/mol. The average Bonchev–Trinajstić information content (AvgIpc) is 3.07. The van der Waals surface area contributed by atoms with E-state index in [0.29, 0.717) is 0 Å². The summed E-state index contributed by atoms with van der Waals surface area (Å²) in [4.78, 5) is 0. The van der Waals surface area contributed by atoms with Crippen molar-refractivity contribution in [1.29, 1.82) is 0 Å². The standard InChI is InChI=1S/C30H20Br2/c1-14-10-15(2)25(16(3)11-14)28-21-12-23(31)19-8-4-6-17-18-7-5-9-20-24(32)13-22(28)30(27(18)20)29(21)26(17)19/h4-13,28H,1-3H3. The highest BCUT2D eigenvalue weighted by Crippen LogP contribution is 2.56. The third-order valence-corrected chi connectivity index (χ3v) is 8.79. The molecule has 0 amide bonds. The van der Waals surface area contributed by atoms with Crippen LogP contribution in [0.25, 0.3) is 43.1 Å². The molecule has 0 aliphatic heterocycles. The first-order valence-corrected chi connectivity index (χ1v) is 12.6. The molecule has 0 heterocycles. The fourth-order valence-electron chi connectivity index (χ4n) is 6.47. The Balaban J connectivity index is 1.80. The molecular formula is C30H20Br2. The SMILES string of the molecule is Cc1cc(C)c(C2c3cc(Br)c4cccc5c6cccc7c(Br)cc2c(c3c45)c76)c(C)c1. The highest BCUT2D eigenvalue weighted by atomic mass is 79.9. The number of rotatable bonds is 1. The quantitative estimate of drug-likeness (QED) is 0.144. The van der Waals surface area contributed by atoms with Crippen molar-refractivity contribution in [2.45, 2.75) is 26.7 Å². The lowest BCUT2D eigenvalue weighted by atomic mass is 9.82. The molecule has 0 aromatic heterocycles. The first-order chi connectivity index (χ1) is 15.5. The predicted molar refractivity (Wildman–Crippen MR) is 145 cm³/mol. The number of halogens is 2. The van der Waals surface area contributed by atoms with Crippen molar-refractivity contribution >= 4 is 74.9 Å². The van der Waals surface area contributed by atoms with Crippen LogP contribution < -0.4 is 0 Å². The summed E-state index contributed by atoms with van der Waals surface area (Å²) in [7, 11) is 0. The summed E-state index contributed by atoms with van der Waals surface area (Å²) in [6.45, 7) is 6.74. The van der Waals surface area contributed by atoms with Gasteiger partial charge >= 0.3 is 0 Å². The number of fused-ring (bicyclic) bond motifs is 1. The monoisotopic (exact) mass is 538 g/mol. The van der Waals surface area contributed by atoms with Crippen molar-refractivity contribution in [3.05, 3.63) is 103 Å². The minimum Gasteiger partial charge on any atom is -0.0610 e. The van der Waals surface area contributed by atoms with Gasteiger partial charge < -0.3 is 0 Å². The van der Waals surface area contributed by atoms with E-state index in [9.17, 15) is 0 Å². The van der Waals surface area contributed by atoms with Crippen LogP contribution in [0, 0.1) is 20.8 Å². The van der Waals surface area contributed by atoms with E-state index in [2.05, 4.69) is 113 Å². The zero-order valence-electron chi connectivity index (χ0n) is 18.1. The second-order valence-corrected chi connectivity index (χ2v) is 11.1. The van der Waals surface area contributed by atoms with Crippen LogP contribution in [0.1, 0.15) is 39.3 Å². The molecule has 1 aliphatic carbocycles. The lowest BCUT2D eigenvalue weighted by Gasteiger charge is -2.21. The van der Waals surface area contributed by atoms with Crippen LogP contribution in [0.5, 0.6) is 0 Å². The molecule has 7 rings (SSSR count). The Morgan fingerprint density at radius 3 is 1.47 bits per heavy atom. The summed E-state index contributed by atoms with van der Waals surface area (Å²) >= 11 is 7.88. The summed E-state index contributed by atoms with van der Waals surface area (Å²) in [5, 5.41) is 11.0. The molecule has 0 spiro atoms. The van der Waals surface area contributed by atoms with Gasteiger partial charge in [-0.05, 0) is 104 Å². The maximum absolute atomic E-state index is 3.94. The molecule has 6 aromatic carbocycles. The van der Waals surface area contributed by atoms with E-state index in [1.807, 2.05) is 0 Å². The lowest BCUT2D eigenvalue weighted by molar-refractivity contribution is 0.978. The number of hydrogen-bond acceptors (Lipinski definition) is 0. The van der Waals surface area contributed by atoms with E-state index in [1.165, 1.54) is 85.4 Å². The molecule has 0 bridgehead atoms. The normalized spacial score (nSPS) is 13.7. The molecule has 0 unspecified atom stereocenters. The van der Waals surface area contributed by atoms with Gasteiger partial charge in [-0.2, -0.15) is 0 Å². The molecule has 0 atom stereocenters. The van der Waals surface area contributed by atoms with Crippen molar-refractivity contribution in [2.24, 2.45) is 0 Å². The summed E-state index contributed by atoms with van der Waals surface area (Å²) in [5.74, 6) is 0.237.